The zero-order valence-corrected chi connectivity index (χ0v) is 22.1. The maximum Gasteiger partial charge on any atom is 0.254 e. The Morgan fingerprint density at radius 2 is 2.15 bits per heavy atom. The molecule has 1 fully saturated rings. The van der Waals surface area contributed by atoms with Crippen molar-refractivity contribution in [2.75, 3.05) is 25.0 Å². The molecule has 0 aliphatic carbocycles. The van der Waals surface area contributed by atoms with Gasteiger partial charge in [0.2, 0.25) is 0 Å². The highest BCUT2D eigenvalue weighted by molar-refractivity contribution is 6.05. The molecular formula is C29H31N7O3. The first kappa shape index (κ1) is 26.0. The van der Waals surface area contributed by atoms with Gasteiger partial charge in [0.1, 0.15) is 11.9 Å². The molecule has 1 aromatic carbocycles. The Kier molecular flexibility index (Phi) is 7.34. The molecule has 200 valence electrons. The van der Waals surface area contributed by atoms with Gasteiger partial charge in [-0.1, -0.05) is 6.07 Å². The van der Waals surface area contributed by atoms with Crippen LogP contribution in [-0.4, -0.2) is 57.8 Å². The summed E-state index contributed by atoms with van der Waals surface area (Å²) < 4.78 is 7.61. The molecule has 0 unspecified atom stereocenters. The van der Waals surface area contributed by atoms with Crippen molar-refractivity contribution in [3.8, 4) is 23.1 Å². The van der Waals surface area contributed by atoms with E-state index in [1.54, 1.807) is 18.5 Å². The summed E-state index contributed by atoms with van der Waals surface area (Å²) in [6.07, 6.45) is 8.62. The first-order valence-corrected chi connectivity index (χ1v) is 13.0. The number of nitriles is 1. The third-order valence-electron chi connectivity index (χ3n) is 7.16. The molecule has 1 saturated heterocycles. The minimum atomic E-state index is -0.227. The minimum absolute atomic E-state index is 0.174. The minimum Gasteiger partial charge on any atom is -0.489 e. The second-order valence-corrected chi connectivity index (χ2v) is 9.50. The molecule has 0 radical (unpaired) electrons. The van der Waals surface area contributed by atoms with E-state index in [1.165, 1.54) is 0 Å². The van der Waals surface area contributed by atoms with Crippen molar-refractivity contribution in [1.82, 2.24) is 19.6 Å². The number of piperidine rings is 1. The molecule has 3 aromatic rings. The number of aromatic nitrogens is 2. The van der Waals surface area contributed by atoms with E-state index in [9.17, 15) is 15.2 Å². The summed E-state index contributed by atoms with van der Waals surface area (Å²) in [5, 5.41) is 25.5. The van der Waals surface area contributed by atoms with E-state index in [1.807, 2.05) is 42.5 Å². The van der Waals surface area contributed by atoms with E-state index in [2.05, 4.69) is 38.3 Å². The molecule has 10 heteroatoms. The number of hydrogen-bond acceptors (Lipinski definition) is 8. The Bertz CT molecular complexity index is 1540. The highest BCUT2D eigenvalue weighted by Gasteiger charge is 2.28. The lowest BCUT2D eigenvalue weighted by Gasteiger charge is -2.31. The molecule has 1 amide bonds. The SMILES string of the molecule is C=N/C(=C\C=C(/C)N1CCC(O)CC1)Nc1ccc(-c2cnc3c(OCC)c(C#N)ccn23)c2c1C(=O)NC2. The fraction of sp³-hybridized carbons (Fsp3) is 0.310. The number of carbonyl (C=O) groups excluding carboxylic acids is 1. The molecule has 3 N–H and O–H groups in total. The van der Waals surface area contributed by atoms with Gasteiger partial charge in [0.15, 0.2) is 11.4 Å². The molecule has 2 aliphatic heterocycles. The van der Waals surface area contributed by atoms with E-state index in [0.29, 0.717) is 47.2 Å². The molecule has 5 rings (SSSR count). The number of pyridine rings is 1. The maximum atomic E-state index is 12.9. The van der Waals surface area contributed by atoms with Crippen LogP contribution in [0, 0.1) is 11.3 Å². The highest BCUT2D eigenvalue weighted by Crippen LogP contribution is 2.36. The van der Waals surface area contributed by atoms with Crippen molar-refractivity contribution in [3.63, 3.8) is 0 Å². The normalized spacial score (nSPS) is 16.2. The van der Waals surface area contributed by atoms with Crippen LogP contribution >= 0.6 is 0 Å². The third-order valence-corrected chi connectivity index (χ3v) is 7.16. The number of carbonyl (C=O) groups is 1. The number of amides is 1. The second-order valence-electron chi connectivity index (χ2n) is 9.50. The summed E-state index contributed by atoms with van der Waals surface area (Å²) in [6, 6.07) is 7.67. The molecule has 0 bridgehead atoms. The highest BCUT2D eigenvalue weighted by atomic mass is 16.5. The molecule has 0 atom stereocenters. The van der Waals surface area contributed by atoms with Crippen molar-refractivity contribution in [1.29, 1.82) is 5.26 Å². The molecule has 4 heterocycles. The number of anilines is 1. The van der Waals surface area contributed by atoms with Crippen LogP contribution < -0.4 is 15.4 Å². The van der Waals surface area contributed by atoms with Crippen LogP contribution in [0.3, 0.4) is 0 Å². The predicted molar refractivity (Wildman–Crippen MR) is 150 cm³/mol. The standard InChI is InChI=1S/C29H31N7O3/c1-4-39-27-19(15-30)9-14-36-24(17-32-28(27)36)21-6-7-23(26-22(21)16-33-29(26)38)34-25(31-3)8-5-18(2)35-12-10-20(37)11-13-35/h5-9,14,17,20,34,37H,3-4,10-13,16H2,1-2H3,(H,33,38)/b18-5+,25-8+. The van der Waals surface area contributed by atoms with Crippen molar-refractivity contribution >= 4 is 24.0 Å². The fourth-order valence-electron chi connectivity index (χ4n) is 5.09. The number of aliphatic hydroxyl groups is 1. The third kappa shape index (κ3) is 4.96. The van der Waals surface area contributed by atoms with E-state index >= 15 is 0 Å². The number of ether oxygens (including phenoxy) is 1. The van der Waals surface area contributed by atoms with Crippen LogP contribution in [-0.2, 0) is 6.54 Å². The molecule has 2 aliphatic rings. The number of hydrogen-bond donors (Lipinski definition) is 3. The number of aliphatic imine (C=N–C) groups is 1. The number of imidazole rings is 1. The lowest BCUT2D eigenvalue weighted by molar-refractivity contribution is 0.0963. The first-order chi connectivity index (χ1) is 18.9. The number of fused-ring (bicyclic) bond motifs is 2. The summed E-state index contributed by atoms with van der Waals surface area (Å²) in [5.41, 5.74) is 5.70. The number of benzene rings is 1. The Labute approximate surface area is 226 Å². The average Bonchev–Trinajstić information content (AvgIpc) is 3.56. The van der Waals surface area contributed by atoms with Crippen molar-refractivity contribution in [2.24, 2.45) is 4.99 Å². The van der Waals surface area contributed by atoms with Crippen molar-refractivity contribution in [3.05, 3.63) is 71.0 Å². The lowest BCUT2D eigenvalue weighted by Crippen LogP contribution is -2.34. The van der Waals surface area contributed by atoms with Crippen LogP contribution in [0.15, 0.2) is 59.3 Å². The summed E-state index contributed by atoms with van der Waals surface area (Å²) >= 11 is 0. The van der Waals surface area contributed by atoms with Crippen LogP contribution in [0.4, 0.5) is 5.69 Å². The number of rotatable bonds is 8. The van der Waals surface area contributed by atoms with Gasteiger partial charge in [-0.05, 0) is 63.3 Å². The van der Waals surface area contributed by atoms with Gasteiger partial charge in [-0.3, -0.25) is 9.20 Å². The Hall–Kier alpha value is -4.62. The number of likely N-dealkylation sites (tertiary alicyclic amines) is 1. The maximum absolute atomic E-state index is 12.9. The first-order valence-electron chi connectivity index (χ1n) is 13.0. The Morgan fingerprint density at radius 1 is 1.36 bits per heavy atom. The van der Waals surface area contributed by atoms with Gasteiger partial charge in [-0.2, -0.15) is 5.26 Å². The predicted octanol–water partition coefficient (Wildman–Crippen LogP) is 3.83. The van der Waals surface area contributed by atoms with Gasteiger partial charge in [0, 0.05) is 37.1 Å². The van der Waals surface area contributed by atoms with Crippen LogP contribution in [0.25, 0.3) is 16.9 Å². The van der Waals surface area contributed by atoms with Crippen molar-refractivity contribution in [2.45, 2.75) is 39.3 Å². The number of allylic oxidation sites excluding steroid dienone is 3. The zero-order chi connectivity index (χ0) is 27.5. The van der Waals surface area contributed by atoms with E-state index < -0.39 is 0 Å². The van der Waals surface area contributed by atoms with Gasteiger partial charge >= 0.3 is 0 Å². The summed E-state index contributed by atoms with van der Waals surface area (Å²) in [4.78, 5) is 23.8. The topological polar surface area (TPSA) is 127 Å². The van der Waals surface area contributed by atoms with E-state index in [4.69, 9.17) is 4.74 Å². The van der Waals surface area contributed by atoms with Gasteiger partial charge in [0.25, 0.3) is 5.91 Å². The largest absolute Gasteiger partial charge is 0.489 e. The second kappa shape index (κ2) is 11.0. The van der Waals surface area contributed by atoms with Gasteiger partial charge < -0.3 is 25.4 Å². The van der Waals surface area contributed by atoms with Gasteiger partial charge in [-0.15, -0.1) is 0 Å². The monoisotopic (exact) mass is 525 g/mol. The van der Waals surface area contributed by atoms with Crippen LogP contribution in [0.2, 0.25) is 0 Å². The van der Waals surface area contributed by atoms with E-state index in [-0.39, 0.29) is 12.0 Å². The molecular weight excluding hydrogens is 494 g/mol. The van der Waals surface area contributed by atoms with Crippen molar-refractivity contribution < 1.29 is 14.6 Å². The summed E-state index contributed by atoms with van der Waals surface area (Å²) in [7, 11) is 0. The smallest absolute Gasteiger partial charge is 0.254 e. The van der Waals surface area contributed by atoms with Gasteiger partial charge in [-0.25, -0.2) is 9.98 Å². The molecule has 39 heavy (non-hydrogen) atoms. The van der Waals surface area contributed by atoms with E-state index in [0.717, 1.165) is 48.4 Å². The molecule has 0 spiro atoms. The number of aliphatic hydroxyl groups excluding tert-OH is 1. The Morgan fingerprint density at radius 3 is 2.87 bits per heavy atom. The van der Waals surface area contributed by atoms with Crippen LogP contribution in [0.1, 0.15) is 48.2 Å². The number of nitrogens with zero attached hydrogens (tertiary/aromatic N) is 5. The zero-order valence-electron chi connectivity index (χ0n) is 22.1. The molecule has 0 saturated carbocycles. The summed E-state index contributed by atoms with van der Waals surface area (Å²) in [5.74, 6) is 0.780. The molecule has 2 aromatic heterocycles. The summed E-state index contributed by atoms with van der Waals surface area (Å²) in [6.45, 7) is 9.99. The molecule has 10 nitrogen and oxygen atoms in total. The van der Waals surface area contributed by atoms with Gasteiger partial charge in [0.05, 0.1) is 41.4 Å². The number of nitrogens with one attached hydrogen (secondary N) is 2. The fourth-order valence-corrected chi connectivity index (χ4v) is 5.09. The average molecular weight is 526 g/mol. The quantitative estimate of drug-likeness (QED) is 0.301. The van der Waals surface area contributed by atoms with Crippen LogP contribution in [0.5, 0.6) is 5.75 Å². The Balaban J connectivity index is 1.48. The lowest BCUT2D eigenvalue weighted by atomic mass is 9.99.